The Morgan fingerprint density at radius 2 is 2.00 bits per heavy atom. The molecule has 0 aromatic rings. The molecule has 15 heavy (non-hydrogen) atoms. The Morgan fingerprint density at radius 3 is 2.53 bits per heavy atom. The molecule has 0 aliphatic heterocycles. The molecule has 90 valence electrons. The molecule has 0 bridgehead atoms. The molecule has 0 aromatic carbocycles. The van der Waals surface area contributed by atoms with Crippen molar-refractivity contribution in [1.29, 1.82) is 0 Å². The van der Waals surface area contributed by atoms with Crippen molar-refractivity contribution >= 4 is 0 Å². The summed E-state index contributed by atoms with van der Waals surface area (Å²) in [7, 11) is 1.55. The van der Waals surface area contributed by atoms with Crippen LogP contribution >= 0.6 is 0 Å². The molecular weight excluding hydrogens is 196 g/mol. The van der Waals surface area contributed by atoms with Crippen LogP contribution in [-0.4, -0.2) is 42.9 Å². The predicted molar refractivity (Wildman–Crippen MR) is 56.4 cm³/mol. The van der Waals surface area contributed by atoms with Gasteiger partial charge in [-0.2, -0.15) is 0 Å². The second kappa shape index (κ2) is 7.17. The van der Waals surface area contributed by atoms with Gasteiger partial charge in [-0.05, 0) is 25.2 Å². The number of rotatable bonds is 7. The highest BCUT2D eigenvalue weighted by Crippen LogP contribution is 2.30. The molecule has 1 rings (SSSR count). The minimum atomic E-state index is -0.463. The second-order valence-electron chi connectivity index (χ2n) is 4.16. The lowest BCUT2D eigenvalue weighted by Crippen LogP contribution is -2.35. The van der Waals surface area contributed by atoms with E-state index in [1.807, 2.05) is 0 Å². The Balaban J connectivity index is 2.37. The van der Waals surface area contributed by atoms with Crippen LogP contribution in [0, 0.1) is 5.92 Å². The number of aliphatic hydroxyl groups excluding tert-OH is 2. The van der Waals surface area contributed by atoms with Gasteiger partial charge in [0.1, 0.15) is 6.79 Å². The number of hydrogen-bond acceptors (Lipinski definition) is 4. The summed E-state index contributed by atoms with van der Waals surface area (Å²) in [6.45, 7) is 0.215. The number of hydrogen-bond donors (Lipinski definition) is 2. The highest BCUT2D eigenvalue weighted by molar-refractivity contribution is 4.80. The van der Waals surface area contributed by atoms with Gasteiger partial charge in [0.25, 0.3) is 0 Å². The van der Waals surface area contributed by atoms with Crippen LogP contribution in [0.25, 0.3) is 0 Å². The smallest absolute Gasteiger partial charge is 0.146 e. The Kier molecular flexibility index (Phi) is 6.17. The molecule has 0 spiro atoms. The first kappa shape index (κ1) is 12.9. The van der Waals surface area contributed by atoms with Crippen molar-refractivity contribution in [3.63, 3.8) is 0 Å². The van der Waals surface area contributed by atoms with Gasteiger partial charge in [-0.3, -0.25) is 0 Å². The van der Waals surface area contributed by atoms with Crippen LogP contribution in [-0.2, 0) is 9.47 Å². The highest BCUT2D eigenvalue weighted by atomic mass is 16.7. The van der Waals surface area contributed by atoms with Gasteiger partial charge in [0.05, 0.1) is 12.2 Å². The van der Waals surface area contributed by atoms with E-state index in [2.05, 4.69) is 0 Å². The molecule has 4 heteroatoms. The fourth-order valence-corrected chi connectivity index (χ4v) is 2.24. The Morgan fingerprint density at radius 1 is 1.33 bits per heavy atom. The standard InChI is InChI=1S/C11H22O4/c1-14-8-15-10(6-7-12)11(13)9-4-2-3-5-9/h9-13H,2-8H2,1H3/t10-,11+/m1/s1. The Bertz CT molecular complexity index is 157. The summed E-state index contributed by atoms with van der Waals surface area (Å²) in [4.78, 5) is 0. The lowest BCUT2D eigenvalue weighted by molar-refractivity contribution is -0.129. The van der Waals surface area contributed by atoms with Crippen molar-refractivity contribution in [1.82, 2.24) is 0 Å². The van der Waals surface area contributed by atoms with Gasteiger partial charge in [0, 0.05) is 13.7 Å². The van der Waals surface area contributed by atoms with Gasteiger partial charge in [-0.15, -0.1) is 0 Å². The molecule has 2 N–H and O–H groups in total. The Hall–Kier alpha value is -0.160. The van der Waals surface area contributed by atoms with E-state index in [-0.39, 0.29) is 19.5 Å². The minimum absolute atomic E-state index is 0.0398. The molecule has 0 aromatic heterocycles. The maximum absolute atomic E-state index is 10.1. The SMILES string of the molecule is COCO[C@H](CCO)[C@@H](O)C1CCCC1. The van der Waals surface area contributed by atoms with Gasteiger partial charge >= 0.3 is 0 Å². The number of aliphatic hydroxyl groups is 2. The van der Waals surface area contributed by atoms with E-state index in [1.54, 1.807) is 7.11 Å². The van der Waals surface area contributed by atoms with E-state index in [9.17, 15) is 5.11 Å². The number of methoxy groups -OCH3 is 1. The fraction of sp³-hybridized carbons (Fsp3) is 1.00. The van der Waals surface area contributed by atoms with Crippen molar-refractivity contribution in [3.05, 3.63) is 0 Å². The molecule has 0 amide bonds. The van der Waals surface area contributed by atoms with Gasteiger partial charge in [0.2, 0.25) is 0 Å². The molecular formula is C11H22O4. The largest absolute Gasteiger partial charge is 0.396 e. The maximum atomic E-state index is 10.1. The summed E-state index contributed by atoms with van der Waals surface area (Å²) in [6, 6.07) is 0. The molecule has 0 heterocycles. The third-order valence-electron chi connectivity index (χ3n) is 3.08. The molecule has 1 saturated carbocycles. The van der Waals surface area contributed by atoms with Crippen molar-refractivity contribution in [2.75, 3.05) is 20.5 Å². The van der Waals surface area contributed by atoms with E-state index >= 15 is 0 Å². The van der Waals surface area contributed by atoms with Crippen LogP contribution in [0.1, 0.15) is 32.1 Å². The highest BCUT2D eigenvalue weighted by Gasteiger charge is 2.30. The summed E-state index contributed by atoms with van der Waals surface area (Å²) in [5.41, 5.74) is 0. The molecule has 1 fully saturated rings. The average molecular weight is 218 g/mol. The summed E-state index contributed by atoms with van der Waals surface area (Å²) < 4.78 is 10.2. The third-order valence-corrected chi connectivity index (χ3v) is 3.08. The van der Waals surface area contributed by atoms with Crippen LogP contribution < -0.4 is 0 Å². The maximum Gasteiger partial charge on any atom is 0.146 e. The van der Waals surface area contributed by atoms with E-state index in [4.69, 9.17) is 14.6 Å². The van der Waals surface area contributed by atoms with Crippen LogP contribution in [0.15, 0.2) is 0 Å². The van der Waals surface area contributed by atoms with Gasteiger partial charge < -0.3 is 19.7 Å². The van der Waals surface area contributed by atoms with Crippen molar-refractivity contribution in [2.24, 2.45) is 5.92 Å². The van der Waals surface area contributed by atoms with Crippen LogP contribution in [0.5, 0.6) is 0 Å². The first-order chi connectivity index (χ1) is 7.29. The van der Waals surface area contributed by atoms with Crippen molar-refractivity contribution in [2.45, 2.75) is 44.3 Å². The quantitative estimate of drug-likeness (QED) is 0.624. The average Bonchev–Trinajstić information content (AvgIpc) is 2.76. The van der Waals surface area contributed by atoms with E-state index in [1.165, 1.54) is 12.8 Å². The summed E-state index contributed by atoms with van der Waals surface area (Å²) in [6.07, 6.45) is 4.24. The molecule has 4 nitrogen and oxygen atoms in total. The normalized spacial score (nSPS) is 21.8. The molecule has 2 atom stereocenters. The topological polar surface area (TPSA) is 58.9 Å². The van der Waals surface area contributed by atoms with Crippen LogP contribution in [0.4, 0.5) is 0 Å². The molecule has 1 aliphatic carbocycles. The molecule has 0 radical (unpaired) electrons. The molecule has 1 aliphatic rings. The summed E-state index contributed by atoms with van der Waals surface area (Å²) >= 11 is 0. The zero-order chi connectivity index (χ0) is 11.1. The first-order valence-electron chi connectivity index (χ1n) is 5.69. The minimum Gasteiger partial charge on any atom is -0.396 e. The molecule has 0 saturated heterocycles. The lowest BCUT2D eigenvalue weighted by atomic mass is 9.95. The zero-order valence-corrected chi connectivity index (χ0v) is 9.39. The zero-order valence-electron chi connectivity index (χ0n) is 9.39. The predicted octanol–water partition coefficient (Wildman–Crippen LogP) is 0.909. The lowest BCUT2D eigenvalue weighted by Gasteiger charge is -2.26. The van der Waals surface area contributed by atoms with E-state index in [0.717, 1.165) is 12.8 Å². The van der Waals surface area contributed by atoms with E-state index < -0.39 is 6.10 Å². The first-order valence-corrected chi connectivity index (χ1v) is 5.69. The van der Waals surface area contributed by atoms with Gasteiger partial charge in [-0.1, -0.05) is 12.8 Å². The van der Waals surface area contributed by atoms with Crippen LogP contribution in [0.2, 0.25) is 0 Å². The monoisotopic (exact) mass is 218 g/mol. The van der Waals surface area contributed by atoms with E-state index in [0.29, 0.717) is 12.3 Å². The van der Waals surface area contributed by atoms with Crippen molar-refractivity contribution < 1.29 is 19.7 Å². The second-order valence-corrected chi connectivity index (χ2v) is 4.16. The van der Waals surface area contributed by atoms with Gasteiger partial charge in [0.15, 0.2) is 0 Å². The summed E-state index contributed by atoms with van der Waals surface area (Å²) in [5.74, 6) is 0.332. The van der Waals surface area contributed by atoms with Crippen LogP contribution in [0.3, 0.4) is 0 Å². The third kappa shape index (κ3) is 4.07. The van der Waals surface area contributed by atoms with Gasteiger partial charge in [-0.25, -0.2) is 0 Å². The number of ether oxygens (including phenoxy) is 2. The molecule has 0 unspecified atom stereocenters. The summed E-state index contributed by atoms with van der Waals surface area (Å²) in [5, 5.41) is 19.0. The Labute approximate surface area is 91.2 Å². The fourth-order valence-electron chi connectivity index (χ4n) is 2.24. The van der Waals surface area contributed by atoms with Crippen molar-refractivity contribution in [3.8, 4) is 0 Å².